The van der Waals surface area contributed by atoms with E-state index in [1.807, 2.05) is 0 Å². The van der Waals surface area contributed by atoms with Crippen molar-refractivity contribution in [3.05, 3.63) is 0 Å². The lowest BCUT2D eigenvalue weighted by molar-refractivity contribution is -0.0215. The van der Waals surface area contributed by atoms with Crippen LogP contribution in [-0.4, -0.2) is 55.4 Å². The number of hydrogen-bond donors (Lipinski definition) is 1. The predicted octanol–water partition coefficient (Wildman–Crippen LogP) is 0.00820. The number of thiocarbonyl (C=S) groups is 1. The van der Waals surface area contributed by atoms with Crippen LogP contribution in [0.4, 0.5) is 0 Å². The van der Waals surface area contributed by atoms with Crippen LogP contribution in [0.15, 0.2) is 0 Å². The first-order valence-electron chi connectivity index (χ1n) is 4.79. The first-order chi connectivity index (χ1) is 6.65. The molecule has 0 aliphatic carbocycles. The minimum absolute atomic E-state index is 0.0990. The molecule has 0 radical (unpaired) electrons. The Morgan fingerprint density at radius 3 is 3.07 bits per heavy atom. The second-order valence-electron chi connectivity index (χ2n) is 3.56. The largest absolute Gasteiger partial charge is 0.391 e. The molecule has 0 aromatic rings. The van der Waals surface area contributed by atoms with E-state index in [9.17, 15) is 0 Å². The molecular weight excluding hydrogens is 200 g/mol. The Balaban J connectivity index is 2.43. The molecule has 0 saturated carbocycles. The van der Waals surface area contributed by atoms with Crippen LogP contribution in [0.2, 0.25) is 0 Å². The van der Waals surface area contributed by atoms with Gasteiger partial charge >= 0.3 is 0 Å². The average Bonchev–Trinajstić information content (AvgIpc) is 2.18. The van der Waals surface area contributed by atoms with Gasteiger partial charge in [0.25, 0.3) is 0 Å². The molecule has 1 heterocycles. The minimum atomic E-state index is -0.0990. The van der Waals surface area contributed by atoms with Crippen molar-refractivity contribution in [2.45, 2.75) is 19.1 Å². The summed E-state index contributed by atoms with van der Waals surface area (Å²) in [5.74, 6) is 0. The molecule has 5 heteroatoms. The monoisotopic (exact) mass is 218 g/mol. The normalized spacial score (nSPS) is 26.0. The molecule has 82 valence electrons. The van der Waals surface area contributed by atoms with Gasteiger partial charge in [0.2, 0.25) is 0 Å². The van der Waals surface area contributed by atoms with E-state index in [1.54, 1.807) is 7.11 Å². The van der Waals surface area contributed by atoms with Crippen LogP contribution in [0.1, 0.15) is 6.92 Å². The van der Waals surface area contributed by atoms with Gasteiger partial charge in [-0.3, -0.25) is 4.90 Å². The van der Waals surface area contributed by atoms with Gasteiger partial charge in [0, 0.05) is 26.2 Å². The zero-order valence-corrected chi connectivity index (χ0v) is 9.55. The van der Waals surface area contributed by atoms with Crippen molar-refractivity contribution >= 4 is 17.2 Å². The molecule has 0 aromatic carbocycles. The molecule has 2 unspecified atom stereocenters. The van der Waals surface area contributed by atoms with Gasteiger partial charge in [0.1, 0.15) is 11.1 Å². The van der Waals surface area contributed by atoms with Gasteiger partial charge in [-0.25, -0.2) is 0 Å². The molecule has 2 atom stereocenters. The topological polar surface area (TPSA) is 47.7 Å². The Labute approximate surface area is 90.3 Å². The van der Waals surface area contributed by atoms with Crippen molar-refractivity contribution < 1.29 is 9.47 Å². The van der Waals surface area contributed by atoms with E-state index in [0.717, 1.165) is 19.7 Å². The summed E-state index contributed by atoms with van der Waals surface area (Å²) >= 11 is 4.91. The highest BCUT2D eigenvalue weighted by Crippen LogP contribution is 2.09. The third-order valence-corrected chi connectivity index (χ3v) is 2.71. The van der Waals surface area contributed by atoms with E-state index in [4.69, 9.17) is 27.4 Å². The number of morpholine rings is 1. The number of ether oxygens (including phenoxy) is 2. The average molecular weight is 218 g/mol. The highest BCUT2D eigenvalue weighted by molar-refractivity contribution is 7.80. The smallest absolute Gasteiger partial charge is 0.120 e. The molecule has 0 amide bonds. The summed E-state index contributed by atoms with van der Waals surface area (Å²) in [6.45, 7) is 5.25. The lowest BCUT2D eigenvalue weighted by atomic mass is 10.2. The van der Waals surface area contributed by atoms with Crippen molar-refractivity contribution in [1.82, 2.24) is 4.90 Å². The molecule has 1 fully saturated rings. The quantitative estimate of drug-likeness (QED) is 0.674. The Kier molecular flexibility index (Phi) is 4.74. The molecule has 4 nitrogen and oxygen atoms in total. The zero-order valence-electron chi connectivity index (χ0n) is 8.73. The fourth-order valence-corrected chi connectivity index (χ4v) is 1.73. The van der Waals surface area contributed by atoms with Crippen LogP contribution in [0.25, 0.3) is 0 Å². The van der Waals surface area contributed by atoms with Gasteiger partial charge in [-0.2, -0.15) is 0 Å². The first-order valence-corrected chi connectivity index (χ1v) is 5.20. The van der Waals surface area contributed by atoms with Crippen LogP contribution >= 0.6 is 12.2 Å². The van der Waals surface area contributed by atoms with Gasteiger partial charge in [0.15, 0.2) is 0 Å². The SMILES string of the molecule is COCC(C)N1CCOC(C(N)=S)C1. The molecule has 1 aliphatic heterocycles. The summed E-state index contributed by atoms with van der Waals surface area (Å²) in [6.07, 6.45) is -0.0990. The molecule has 0 spiro atoms. The summed E-state index contributed by atoms with van der Waals surface area (Å²) in [6, 6.07) is 0.390. The van der Waals surface area contributed by atoms with Crippen molar-refractivity contribution in [2.75, 3.05) is 33.4 Å². The van der Waals surface area contributed by atoms with Crippen LogP contribution in [0.3, 0.4) is 0 Å². The van der Waals surface area contributed by atoms with Crippen molar-refractivity contribution in [1.29, 1.82) is 0 Å². The number of nitrogens with zero attached hydrogens (tertiary/aromatic N) is 1. The second-order valence-corrected chi connectivity index (χ2v) is 4.03. The number of methoxy groups -OCH3 is 1. The highest BCUT2D eigenvalue weighted by Gasteiger charge is 2.25. The van der Waals surface area contributed by atoms with E-state index in [-0.39, 0.29) is 6.10 Å². The Bertz CT molecular complexity index is 201. The summed E-state index contributed by atoms with van der Waals surface area (Å²) in [5.41, 5.74) is 5.55. The zero-order chi connectivity index (χ0) is 10.6. The third kappa shape index (κ3) is 3.16. The minimum Gasteiger partial charge on any atom is -0.391 e. The predicted molar refractivity (Wildman–Crippen MR) is 59.4 cm³/mol. The number of nitrogens with two attached hydrogens (primary N) is 1. The lowest BCUT2D eigenvalue weighted by Gasteiger charge is -2.36. The molecule has 1 rings (SSSR count). The fourth-order valence-electron chi connectivity index (χ4n) is 1.59. The highest BCUT2D eigenvalue weighted by atomic mass is 32.1. The maximum atomic E-state index is 5.55. The summed E-state index contributed by atoms with van der Waals surface area (Å²) in [4.78, 5) is 2.73. The second kappa shape index (κ2) is 5.60. The van der Waals surface area contributed by atoms with Gasteiger partial charge in [0.05, 0.1) is 13.2 Å². The summed E-state index contributed by atoms with van der Waals surface area (Å²) < 4.78 is 10.6. The van der Waals surface area contributed by atoms with Crippen LogP contribution in [0.5, 0.6) is 0 Å². The number of hydrogen-bond acceptors (Lipinski definition) is 4. The van der Waals surface area contributed by atoms with E-state index in [0.29, 0.717) is 17.6 Å². The standard InChI is InChI=1S/C9H18N2O2S/c1-7(6-12-2)11-3-4-13-8(5-11)9(10)14/h7-8H,3-6H2,1-2H3,(H2,10,14). The lowest BCUT2D eigenvalue weighted by Crippen LogP contribution is -2.51. The summed E-state index contributed by atoms with van der Waals surface area (Å²) in [7, 11) is 1.71. The van der Waals surface area contributed by atoms with E-state index in [1.165, 1.54) is 0 Å². The number of rotatable bonds is 4. The van der Waals surface area contributed by atoms with Crippen LogP contribution in [-0.2, 0) is 9.47 Å². The van der Waals surface area contributed by atoms with E-state index in [2.05, 4.69) is 11.8 Å². The van der Waals surface area contributed by atoms with Crippen LogP contribution < -0.4 is 5.73 Å². The Hall–Kier alpha value is -0.230. The van der Waals surface area contributed by atoms with Crippen molar-refractivity contribution in [3.63, 3.8) is 0 Å². The molecule has 0 bridgehead atoms. The maximum absolute atomic E-state index is 5.55. The van der Waals surface area contributed by atoms with E-state index < -0.39 is 0 Å². The van der Waals surface area contributed by atoms with Gasteiger partial charge in [-0.05, 0) is 6.92 Å². The van der Waals surface area contributed by atoms with E-state index >= 15 is 0 Å². The molecule has 1 saturated heterocycles. The Morgan fingerprint density at radius 2 is 2.50 bits per heavy atom. The van der Waals surface area contributed by atoms with Crippen molar-refractivity contribution in [3.8, 4) is 0 Å². The molecule has 14 heavy (non-hydrogen) atoms. The molecule has 1 aliphatic rings. The van der Waals surface area contributed by atoms with Gasteiger partial charge in [-0.15, -0.1) is 0 Å². The first kappa shape index (κ1) is 11.8. The molecular formula is C9H18N2O2S. The fraction of sp³-hybridized carbons (Fsp3) is 0.889. The molecule has 0 aromatic heterocycles. The van der Waals surface area contributed by atoms with Gasteiger partial charge in [-0.1, -0.05) is 12.2 Å². The van der Waals surface area contributed by atoms with Crippen molar-refractivity contribution in [2.24, 2.45) is 5.73 Å². The third-order valence-electron chi connectivity index (χ3n) is 2.45. The summed E-state index contributed by atoms with van der Waals surface area (Å²) in [5, 5.41) is 0. The van der Waals surface area contributed by atoms with Gasteiger partial charge < -0.3 is 15.2 Å². The molecule has 2 N–H and O–H groups in total. The maximum Gasteiger partial charge on any atom is 0.120 e. The van der Waals surface area contributed by atoms with Crippen LogP contribution in [0, 0.1) is 0 Å². The Morgan fingerprint density at radius 1 is 1.79 bits per heavy atom.